The molecule has 0 radical (unpaired) electrons. The van der Waals surface area contributed by atoms with E-state index in [4.69, 9.17) is 0 Å². The van der Waals surface area contributed by atoms with Gasteiger partial charge in [-0.2, -0.15) is 0 Å². The van der Waals surface area contributed by atoms with Gasteiger partial charge >= 0.3 is 6.03 Å². The second-order valence-corrected chi connectivity index (χ2v) is 6.26. The minimum absolute atomic E-state index is 0.0722. The first-order chi connectivity index (χ1) is 10.6. The number of carbonyl (C=O) groups is 1. The van der Waals surface area contributed by atoms with E-state index in [2.05, 4.69) is 32.4 Å². The maximum atomic E-state index is 11.6. The number of hydrogen-bond donors (Lipinski definition) is 2. The van der Waals surface area contributed by atoms with Crippen molar-refractivity contribution in [2.45, 2.75) is 46.2 Å². The molecule has 0 spiro atoms. The maximum absolute atomic E-state index is 11.6. The molecule has 0 aromatic carbocycles. The summed E-state index contributed by atoms with van der Waals surface area (Å²) in [6.45, 7) is 9.68. The molecule has 1 aliphatic rings. The van der Waals surface area contributed by atoms with Gasteiger partial charge in [0.2, 0.25) is 0 Å². The zero-order valence-electron chi connectivity index (χ0n) is 13.8. The molecule has 1 fully saturated rings. The van der Waals surface area contributed by atoms with Crippen LogP contribution in [0.3, 0.4) is 0 Å². The van der Waals surface area contributed by atoms with Crippen LogP contribution in [0, 0.1) is 5.92 Å². The number of nitrogens with zero attached hydrogens (tertiary/aromatic N) is 3. The molecule has 2 rings (SSSR count). The Labute approximate surface area is 132 Å². The van der Waals surface area contributed by atoms with E-state index in [1.54, 1.807) is 0 Å². The van der Waals surface area contributed by atoms with Crippen LogP contribution in [-0.4, -0.2) is 46.6 Å². The fourth-order valence-electron chi connectivity index (χ4n) is 2.68. The monoisotopic (exact) mass is 305 g/mol. The zero-order chi connectivity index (χ0) is 15.9. The lowest BCUT2D eigenvalue weighted by Crippen LogP contribution is -2.41. The van der Waals surface area contributed by atoms with Gasteiger partial charge in [-0.3, -0.25) is 4.90 Å². The molecular formula is C16H27N5O. The summed E-state index contributed by atoms with van der Waals surface area (Å²) in [5, 5.41) is 5.80. The molecule has 0 aliphatic carbocycles. The molecular weight excluding hydrogens is 278 g/mol. The highest BCUT2D eigenvalue weighted by Gasteiger charge is 2.23. The smallest absolute Gasteiger partial charge is 0.314 e. The van der Waals surface area contributed by atoms with Crippen molar-refractivity contribution in [2.75, 3.05) is 19.6 Å². The highest BCUT2D eigenvalue weighted by atomic mass is 16.2. The van der Waals surface area contributed by atoms with Crippen LogP contribution in [0.15, 0.2) is 12.4 Å². The number of rotatable bonds is 6. The number of aromatic nitrogens is 2. The predicted octanol–water partition coefficient (Wildman–Crippen LogP) is 1.57. The first-order valence-corrected chi connectivity index (χ1v) is 8.13. The first-order valence-electron chi connectivity index (χ1n) is 8.13. The van der Waals surface area contributed by atoms with Crippen LogP contribution < -0.4 is 10.6 Å². The lowest BCUT2D eigenvalue weighted by atomic mass is 10.1. The molecule has 22 heavy (non-hydrogen) atoms. The molecule has 0 unspecified atom stereocenters. The average molecular weight is 305 g/mol. The van der Waals surface area contributed by atoms with Crippen LogP contribution in [0.5, 0.6) is 0 Å². The highest BCUT2D eigenvalue weighted by Crippen LogP contribution is 2.17. The summed E-state index contributed by atoms with van der Waals surface area (Å²) in [6, 6.07) is 0.100. The van der Waals surface area contributed by atoms with E-state index in [0.29, 0.717) is 5.92 Å². The highest BCUT2D eigenvalue weighted by molar-refractivity contribution is 5.74. The van der Waals surface area contributed by atoms with Crippen LogP contribution in [0.2, 0.25) is 0 Å². The van der Waals surface area contributed by atoms with E-state index in [-0.39, 0.29) is 12.1 Å². The van der Waals surface area contributed by atoms with E-state index in [1.165, 1.54) is 0 Å². The molecule has 1 aliphatic heterocycles. The third-order valence-electron chi connectivity index (χ3n) is 3.82. The van der Waals surface area contributed by atoms with Crippen molar-refractivity contribution in [1.82, 2.24) is 25.5 Å². The van der Waals surface area contributed by atoms with Crippen molar-refractivity contribution in [3.05, 3.63) is 23.8 Å². The van der Waals surface area contributed by atoms with Crippen LogP contribution in [0.1, 0.15) is 38.6 Å². The van der Waals surface area contributed by atoms with Crippen molar-refractivity contribution in [3.8, 4) is 0 Å². The number of carbonyl (C=O) groups excluding carboxylic acids is 1. The molecule has 0 saturated carbocycles. The Morgan fingerprint density at radius 2 is 2.14 bits per heavy atom. The van der Waals surface area contributed by atoms with Gasteiger partial charge in [-0.15, -0.1) is 0 Å². The predicted molar refractivity (Wildman–Crippen MR) is 86.5 cm³/mol. The maximum Gasteiger partial charge on any atom is 0.314 e. The molecule has 1 aromatic heterocycles. The standard InChI is InChI=1S/C16H27N5O/c1-4-15-17-8-14(9-18-15)11-21-6-5-13(10-21)7-19-16(22)20-12(2)3/h8-9,12-13H,4-7,10-11H2,1-3H3,(H2,19,20,22)/t13-/m1/s1. The molecule has 6 heteroatoms. The number of nitrogens with one attached hydrogen (secondary N) is 2. The molecule has 0 bridgehead atoms. The normalized spacial score (nSPS) is 18.6. The van der Waals surface area contributed by atoms with E-state index in [9.17, 15) is 4.79 Å². The Hall–Kier alpha value is -1.69. The Morgan fingerprint density at radius 3 is 2.77 bits per heavy atom. The Morgan fingerprint density at radius 1 is 1.41 bits per heavy atom. The molecule has 1 atom stereocenters. The summed E-state index contributed by atoms with van der Waals surface area (Å²) in [4.78, 5) is 22.7. The Kier molecular flexibility index (Phi) is 6.12. The van der Waals surface area contributed by atoms with Crippen LogP contribution in [-0.2, 0) is 13.0 Å². The van der Waals surface area contributed by atoms with Gasteiger partial charge in [0.1, 0.15) is 5.82 Å². The van der Waals surface area contributed by atoms with Crippen molar-refractivity contribution >= 4 is 6.03 Å². The summed E-state index contributed by atoms with van der Waals surface area (Å²) in [7, 11) is 0. The van der Waals surface area contributed by atoms with Gasteiger partial charge in [0.15, 0.2) is 0 Å². The second-order valence-electron chi connectivity index (χ2n) is 6.26. The number of likely N-dealkylation sites (tertiary alicyclic amines) is 1. The molecule has 6 nitrogen and oxygen atoms in total. The van der Waals surface area contributed by atoms with Gasteiger partial charge in [-0.1, -0.05) is 6.92 Å². The van der Waals surface area contributed by atoms with E-state index in [1.807, 2.05) is 26.2 Å². The average Bonchev–Trinajstić information content (AvgIpc) is 2.93. The van der Waals surface area contributed by atoms with Crippen LogP contribution in [0.4, 0.5) is 4.79 Å². The molecule has 1 aromatic rings. The summed E-state index contributed by atoms with van der Waals surface area (Å²) in [6.07, 6.45) is 5.84. The van der Waals surface area contributed by atoms with Gasteiger partial charge in [0.25, 0.3) is 0 Å². The Bertz CT molecular complexity index is 474. The SMILES string of the molecule is CCc1ncc(CN2CC[C@H](CNC(=O)NC(C)C)C2)cn1. The largest absolute Gasteiger partial charge is 0.338 e. The fraction of sp³-hybridized carbons (Fsp3) is 0.688. The van der Waals surface area contributed by atoms with Gasteiger partial charge in [0, 0.05) is 50.1 Å². The van der Waals surface area contributed by atoms with Crippen molar-refractivity contribution in [2.24, 2.45) is 5.92 Å². The first kappa shape index (κ1) is 16.7. The molecule has 2 heterocycles. The minimum atomic E-state index is -0.0722. The molecule has 122 valence electrons. The van der Waals surface area contributed by atoms with Gasteiger partial charge < -0.3 is 10.6 Å². The Balaban J connectivity index is 1.71. The zero-order valence-corrected chi connectivity index (χ0v) is 13.8. The number of hydrogen-bond acceptors (Lipinski definition) is 4. The van der Waals surface area contributed by atoms with Crippen LogP contribution in [0.25, 0.3) is 0 Å². The summed E-state index contributed by atoms with van der Waals surface area (Å²) in [5.41, 5.74) is 1.16. The fourth-order valence-corrected chi connectivity index (χ4v) is 2.68. The van der Waals surface area contributed by atoms with E-state index >= 15 is 0 Å². The molecule has 2 N–H and O–H groups in total. The molecule has 2 amide bonds. The third-order valence-corrected chi connectivity index (χ3v) is 3.82. The third kappa shape index (κ3) is 5.26. The quantitative estimate of drug-likeness (QED) is 0.837. The minimum Gasteiger partial charge on any atom is -0.338 e. The summed E-state index contributed by atoms with van der Waals surface area (Å²) in [5.74, 6) is 1.41. The van der Waals surface area contributed by atoms with Gasteiger partial charge in [-0.25, -0.2) is 14.8 Å². The van der Waals surface area contributed by atoms with Crippen molar-refractivity contribution in [1.29, 1.82) is 0 Å². The van der Waals surface area contributed by atoms with E-state index in [0.717, 1.165) is 50.4 Å². The lowest BCUT2D eigenvalue weighted by molar-refractivity contribution is 0.236. The van der Waals surface area contributed by atoms with Gasteiger partial charge in [0.05, 0.1) is 0 Å². The summed E-state index contributed by atoms with van der Waals surface area (Å²) >= 11 is 0. The van der Waals surface area contributed by atoms with Crippen molar-refractivity contribution < 1.29 is 4.79 Å². The lowest BCUT2D eigenvalue weighted by Gasteiger charge is -2.16. The second kappa shape index (κ2) is 8.08. The molecule has 1 saturated heterocycles. The van der Waals surface area contributed by atoms with Crippen LogP contribution >= 0.6 is 0 Å². The summed E-state index contributed by atoms with van der Waals surface area (Å²) < 4.78 is 0. The number of urea groups is 1. The number of amides is 2. The van der Waals surface area contributed by atoms with E-state index < -0.39 is 0 Å². The van der Waals surface area contributed by atoms with Gasteiger partial charge in [-0.05, 0) is 32.7 Å². The number of aryl methyl sites for hydroxylation is 1. The van der Waals surface area contributed by atoms with Crippen molar-refractivity contribution in [3.63, 3.8) is 0 Å². The topological polar surface area (TPSA) is 70.2 Å².